The minimum atomic E-state index is -4.79. The van der Waals surface area contributed by atoms with Crippen LogP contribution in [0.4, 0.5) is 13.2 Å². The number of para-hydroxylation sites is 1. The molecule has 0 amide bonds. The van der Waals surface area contributed by atoms with Crippen LogP contribution < -0.4 is 14.9 Å². The van der Waals surface area contributed by atoms with Gasteiger partial charge in [-0.25, -0.2) is 19.5 Å². The van der Waals surface area contributed by atoms with Gasteiger partial charge in [0.2, 0.25) is 0 Å². The maximum Gasteiger partial charge on any atom is 0.573 e. The maximum atomic E-state index is 13.7. The van der Waals surface area contributed by atoms with Gasteiger partial charge in [0, 0.05) is 22.6 Å². The van der Waals surface area contributed by atoms with Crippen molar-refractivity contribution in [3.05, 3.63) is 155 Å². The molecule has 0 aliphatic carbocycles. The van der Waals surface area contributed by atoms with E-state index in [9.17, 15) is 18.0 Å². The van der Waals surface area contributed by atoms with Gasteiger partial charge in [-0.2, -0.15) is 0 Å². The predicted molar refractivity (Wildman–Crippen MR) is 206 cm³/mol. The van der Waals surface area contributed by atoms with E-state index in [1.807, 2.05) is 60.8 Å². The Balaban J connectivity index is 1.26. The average molecular weight is 771 g/mol. The Bertz CT molecular complexity index is 2250. The van der Waals surface area contributed by atoms with Crippen LogP contribution in [0.25, 0.3) is 22.8 Å². The molecule has 3 atom stereocenters. The van der Waals surface area contributed by atoms with Crippen LogP contribution in [-0.4, -0.2) is 37.2 Å². The Kier molecular flexibility index (Phi) is 12.2. The zero-order valence-corrected chi connectivity index (χ0v) is 31.1. The van der Waals surface area contributed by atoms with Crippen LogP contribution in [0.2, 0.25) is 0 Å². The van der Waals surface area contributed by atoms with E-state index in [0.29, 0.717) is 27.4 Å². The summed E-state index contributed by atoms with van der Waals surface area (Å²) in [4.78, 5) is 23.7. The second kappa shape index (κ2) is 17.1. The number of ether oxygens (including phenoxy) is 2. The quantitative estimate of drug-likeness (QED) is 0.0498. The van der Waals surface area contributed by atoms with Gasteiger partial charge in [0.1, 0.15) is 30.2 Å². The topological polar surface area (TPSA) is 95.6 Å². The molecule has 2 heterocycles. The zero-order chi connectivity index (χ0) is 38.2. The molecule has 0 aliphatic heterocycles. The Morgan fingerprint density at radius 3 is 2.41 bits per heavy atom. The SMILES string of the molecule is C=CC(CC)c1ccccc1-n1c(C)cs/c1=N\C(S)NC(C(=O)OCc1ccccc1)c1ccc(-c2ncn(-c3ccc(OC(F)(F)F)cc3)n2)cc1. The van der Waals surface area contributed by atoms with Gasteiger partial charge in [-0.3, -0.25) is 9.88 Å². The summed E-state index contributed by atoms with van der Waals surface area (Å²) in [5, 5.41) is 9.77. The van der Waals surface area contributed by atoms with Crippen LogP contribution in [-0.2, 0) is 16.1 Å². The number of allylic oxidation sites excluding steroid dienone is 1. The van der Waals surface area contributed by atoms with E-state index >= 15 is 0 Å². The number of hydrogen-bond acceptors (Lipinski definition) is 9. The summed E-state index contributed by atoms with van der Waals surface area (Å²) in [5.74, 6) is -0.323. The second-order valence-corrected chi connectivity index (χ2v) is 13.5. The standard InChI is InChI=1S/C40H37F3N6O3S2/c1-4-28(5-2)33-13-9-10-14-34(33)49-26(3)24-54-39(49)46-38(53)45-35(37(50)51-23-27-11-7-6-8-12-27)29-15-17-30(18-16-29)36-44-25-48(47-36)31-19-21-32(22-20-31)52-40(41,42)43/h4,6-22,24-25,28,35,38,45,53H,1,5,23H2,2-3H3/b46-39-. The zero-order valence-electron chi connectivity index (χ0n) is 29.4. The molecular weight excluding hydrogens is 734 g/mol. The normalized spacial score (nSPS) is 13.6. The Morgan fingerprint density at radius 1 is 1.02 bits per heavy atom. The molecule has 1 N–H and O–H groups in total. The van der Waals surface area contributed by atoms with Crippen molar-refractivity contribution in [2.45, 2.75) is 50.7 Å². The number of aryl methyl sites for hydroxylation is 1. The van der Waals surface area contributed by atoms with E-state index in [-0.39, 0.29) is 18.3 Å². The number of thiol groups is 1. The lowest BCUT2D eigenvalue weighted by atomic mass is 9.95. The number of benzene rings is 4. The van der Waals surface area contributed by atoms with Crippen molar-refractivity contribution in [1.29, 1.82) is 0 Å². The summed E-state index contributed by atoms with van der Waals surface area (Å²) in [6.45, 7) is 8.28. The summed E-state index contributed by atoms with van der Waals surface area (Å²) in [6, 6.07) is 29.0. The van der Waals surface area contributed by atoms with E-state index in [0.717, 1.165) is 28.9 Å². The smallest absolute Gasteiger partial charge is 0.459 e. The Morgan fingerprint density at radius 2 is 1.72 bits per heavy atom. The molecule has 9 nitrogen and oxygen atoms in total. The third-order valence-electron chi connectivity index (χ3n) is 8.52. The number of esters is 1. The molecule has 6 rings (SSSR count). The van der Waals surface area contributed by atoms with Crippen molar-refractivity contribution in [2.75, 3.05) is 0 Å². The molecule has 0 saturated heterocycles. The number of nitrogens with zero attached hydrogens (tertiary/aromatic N) is 5. The van der Waals surface area contributed by atoms with Gasteiger partial charge in [-0.05, 0) is 60.4 Å². The molecule has 4 aromatic carbocycles. The molecule has 6 aromatic rings. The van der Waals surface area contributed by atoms with E-state index in [1.54, 1.807) is 24.3 Å². The van der Waals surface area contributed by atoms with E-state index in [4.69, 9.17) is 22.4 Å². The van der Waals surface area contributed by atoms with Crippen molar-refractivity contribution in [3.63, 3.8) is 0 Å². The summed E-state index contributed by atoms with van der Waals surface area (Å²) in [6.07, 6.45) is -0.475. The van der Waals surface area contributed by atoms with E-state index < -0.39 is 23.9 Å². The number of carbonyl (C=O) groups is 1. The second-order valence-electron chi connectivity index (χ2n) is 12.2. The molecule has 0 radical (unpaired) electrons. The van der Waals surface area contributed by atoms with E-state index in [1.165, 1.54) is 46.6 Å². The molecule has 0 bridgehead atoms. The lowest BCUT2D eigenvalue weighted by Gasteiger charge is -2.21. The molecular formula is C40H37F3N6O3S2. The fourth-order valence-corrected chi connectivity index (χ4v) is 7.07. The number of nitrogens with one attached hydrogen (secondary N) is 1. The number of alkyl halides is 3. The third-order valence-corrected chi connectivity index (χ3v) is 9.74. The lowest BCUT2D eigenvalue weighted by molar-refractivity contribution is -0.274. The molecule has 0 spiro atoms. The lowest BCUT2D eigenvalue weighted by Crippen LogP contribution is -2.35. The van der Waals surface area contributed by atoms with Crippen molar-refractivity contribution in [3.8, 4) is 28.5 Å². The number of halogens is 3. The number of thiazole rings is 1. The van der Waals surface area contributed by atoms with Crippen molar-refractivity contribution in [2.24, 2.45) is 4.99 Å². The van der Waals surface area contributed by atoms with Crippen LogP contribution >= 0.6 is 24.0 Å². The van der Waals surface area contributed by atoms with Gasteiger partial charge in [0.05, 0.1) is 11.4 Å². The van der Waals surface area contributed by atoms with Gasteiger partial charge in [0.15, 0.2) is 10.6 Å². The fraction of sp³-hybridized carbons (Fsp3) is 0.200. The van der Waals surface area contributed by atoms with Crippen molar-refractivity contribution in [1.82, 2.24) is 24.6 Å². The minimum absolute atomic E-state index is 0.0811. The van der Waals surface area contributed by atoms with Crippen molar-refractivity contribution < 1.29 is 27.4 Å². The summed E-state index contributed by atoms with van der Waals surface area (Å²) >= 11 is 6.26. The Labute approximate surface area is 319 Å². The molecule has 2 aromatic heterocycles. The molecule has 0 fully saturated rings. The first-order chi connectivity index (χ1) is 26.0. The molecule has 0 saturated carbocycles. The molecule has 278 valence electrons. The number of hydrogen-bond donors (Lipinski definition) is 2. The highest BCUT2D eigenvalue weighted by molar-refractivity contribution is 7.80. The highest BCUT2D eigenvalue weighted by Gasteiger charge is 2.31. The first-order valence-electron chi connectivity index (χ1n) is 17.0. The number of carbonyl (C=O) groups excluding carboxylic acids is 1. The molecule has 0 aliphatic rings. The van der Waals surface area contributed by atoms with Gasteiger partial charge < -0.3 is 9.47 Å². The van der Waals surface area contributed by atoms with Crippen LogP contribution in [0, 0.1) is 6.92 Å². The largest absolute Gasteiger partial charge is 0.573 e. The van der Waals surface area contributed by atoms with Gasteiger partial charge >= 0.3 is 12.3 Å². The van der Waals surface area contributed by atoms with Crippen LogP contribution in [0.1, 0.15) is 47.7 Å². The monoisotopic (exact) mass is 770 g/mol. The third kappa shape index (κ3) is 9.37. The van der Waals surface area contributed by atoms with E-state index in [2.05, 4.69) is 50.3 Å². The van der Waals surface area contributed by atoms with Crippen molar-refractivity contribution >= 4 is 29.9 Å². The summed E-state index contributed by atoms with van der Waals surface area (Å²) in [5.41, 5.74) is 4.92. The van der Waals surface area contributed by atoms with Crippen LogP contribution in [0.3, 0.4) is 0 Å². The minimum Gasteiger partial charge on any atom is -0.459 e. The fourth-order valence-electron chi connectivity index (χ4n) is 5.84. The van der Waals surface area contributed by atoms with Crippen LogP contribution in [0.5, 0.6) is 5.75 Å². The highest BCUT2D eigenvalue weighted by atomic mass is 32.1. The predicted octanol–water partition coefficient (Wildman–Crippen LogP) is 8.86. The van der Waals surface area contributed by atoms with Gasteiger partial charge in [-0.1, -0.05) is 85.8 Å². The molecule has 3 unspecified atom stereocenters. The van der Waals surface area contributed by atoms with Gasteiger partial charge in [-0.15, -0.1) is 48.8 Å². The Hall–Kier alpha value is -5.44. The molecule has 54 heavy (non-hydrogen) atoms. The highest BCUT2D eigenvalue weighted by Crippen LogP contribution is 2.28. The first kappa shape index (κ1) is 38.3. The molecule has 14 heteroatoms. The number of aromatic nitrogens is 4. The first-order valence-corrected chi connectivity index (χ1v) is 18.4. The van der Waals surface area contributed by atoms with Crippen LogP contribution in [0.15, 0.2) is 132 Å². The summed E-state index contributed by atoms with van der Waals surface area (Å²) < 4.78 is 51.0. The summed E-state index contributed by atoms with van der Waals surface area (Å²) in [7, 11) is 0. The average Bonchev–Trinajstić information content (AvgIpc) is 3.81. The number of rotatable bonds is 14. The maximum absolute atomic E-state index is 13.7. The van der Waals surface area contributed by atoms with Gasteiger partial charge in [0.25, 0.3) is 0 Å².